The predicted octanol–water partition coefficient (Wildman–Crippen LogP) is 2.87. The van der Waals surface area contributed by atoms with Gasteiger partial charge in [0.05, 0.1) is 4.92 Å². The quantitative estimate of drug-likeness (QED) is 0.643. The molecule has 0 spiro atoms. The van der Waals surface area contributed by atoms with Crippen LogP contribution in [-0.4, -0.2) is 41.9 Å². The number of hydrogen-bond acceptors (Lipinski definition) is 4. The van der Waals surface area contributed by atoms with Crippen LogP contribution in [0.3, 0.4) is 0 Å². The van der Waals surface area contributed by atoms with Gasteiger partial charge in [-0.1, -0.05) is 30.3 Å². The number of nitro groups is 1. The van der Waals surface area contributed by atoms with E-state index in [-0.39, 0.29) is 17.2 Å². The fourth-order valence-corrected chi connectivity index (χ4v) is 3.05. The van der Waals surface area contributed by atoms with Crippen molar-refractivity contribution in [3.63, 3.8) is 0 Å². The molecule has 0 saturated carbocycles. The molecule has 0 bridgehead atoms. The molecule has 24 heavy (non-hydrogen) atoms. The minimum absolute atomic E-state index is 0.135. The van der Waals surface area contributed by atoms with Crippen LogP contribution in [0, 0.1) is 17.0 Å². The first-order valence-corrected chi connectivity index (χ1v) is 7.91. The molecule has 1 fully saturated rings. The maximum atomic E-state index is 12.6. The molecule has 1 aliphatic heterocycles. The summed E-state index contributed by atoms with van der Waals surface area (Å²) in [7, 11) is 0. The molecule has 0 unspecified atom stereocenters. The number of amides is 1. The number of nitro benzene ring substituents is 1. The topological polar surface area (TPSA) is 66.7 Å². The number of carbonyl (C=O) groups is 1. The second-order valence-corrected chi connectivity index (χ2v) is 5.84. The highest BCUT2D eigenvalue weighted by Gasteiger charge is 2.27. The molecule has 6 heteroatoms. The molecule has 0 atom stereocenters. The van der Waals surface area contributed by atoms with Crippen molar-refractivity contribution in [3.8, 4) is 0 Å². The molecular weight excluding hydrogens is 306 g/mol. The van der Waals surface area contributed by atoms with Gasteiger partial charge in [-0.25, -0.2) is 0 Å². The lowest BCUT2D eigenvalue weighted by Crippen LogP contribution is -2.49. The van der Waals surface area contributed by atoms with Crippen LogP contribution in [0.25, 0.3) is 0 Å². The monoisotopic (exact) mass is 325 g/mol. The molecule has 0 aliphatic carbocycles. The zero-order valence-corrected chi connectivity index (χ0v) is 13.5. The third kappa shape index (κ3) is 3.08. The largest absolute Gasteiger partial charge is 0.368 e. The van der Waals surface area contributed by atoms with Gasteiger partial charge in [-0.2, -0.15) is 0 Å². The second kappa shape index (κ2) is 6.70. The third-order valence-electron chi connectivity index (χ3n) is 4.35. The number of hydrogen-bond donors (Lipinski definition) is 0. The van der Waals surface area contributed by atoms with Gasteiger partial charge in [0.2, 0.25) is 0 Å². The van der Waals surface area contributed by atoms with Gasteiger partial charge in [-0.15, -0.1) is 0 Å². The van der Waals surface area contributed by atoms with E-state index < -0.39 is 4.92 Å². The maximum Gasteiger partial charge on any atom is 0.282 e. The number of piperazine rings is 1. The Morgan fingerprint density at radius 1 is 1.00 bits per heavy atom. The Balaban J connectivity index is 1.72. The van der Waals surface area contributed by atoms with Gasteiger partial charge in [0, 0.05) is 37.9 Å². The summed E-state index contributed by atoms with van der Waals surface area (Å²) in [5.41, 5.74) is 2.40. The van der Waals surface area contributed by atoms with E-state index in [0.717, 1.165) is 13.1 Å². The highest BCUT2D eigenvalue weighted by molar-refractivity contribution is 5.98. The minimum atomic E-state index is -0.503. The van der Waals surface area contributed by atoms with Gasteiger partial charge >= 0.3 is 0 Å². The Morgan fingerprint density at radius 3 is 2.29 bits per heavy atom. The second-order valence-electron chi connectivity index (χ2n) is 5.84. The molecule has 1 aliphatic rings. The molecule has 0 aromatic heterocycles. The Hall–Kier alpha value is -2.89. The van der Waals surface area contributed by atoms with Crippen LogP contribution < -0.4 is 4.90 Å². The summed E-state index contributed by atoms with van der Waals surface area (Å²) in [4.78, 5) is 27.2. The average molecular weight is 325 g/mol. The van der Waals surface area contributed by atoms with E-state index in [0.29, 0.717) is 13.1 Å². The summed E-state index contributed by atoms with van der Waals surface area (Å²) < 4.78 is 0. The van der Waals surface area contributed by atoms with Crippen LogP contribution in [0.1, 0.15) is 15.9 Å². The van der Waals surface area contributed by atoms with E-state index in [1.807, 2.05) is 12.1 Å². The summed E-state index contributed by atoms with van der Waals surface area (Å²) >= 11 is 0. The van der Waals surface area contributed by atoms with Gasteiger partial charge in [-0.3, -0.25) is 14.9 Å². The van der Waals surface area contributed by atoms with Crippen molar-refractivity contribution in [1.29, 1.82) is 0 Å². The van der Waals surface area contributed by atoms with Gasteiger partial charge in [0.1, 0.15) is 5.56 Å². The van der Waals surface area contributed by atoms with E-state index in [4.69, 9.17) is 0 Å². The lowest BCUT2D eigenvalue weighted by molar-refractivity contribution is -0.385. The van der Waals surface area contributed by atoms with Gasteiger partial charge in [-0.05, 0) is 24.6 Å². The Kier molecular flexibility index (Phi) is 4.46. The van der Waals surface area contributed by atoms with Crippen LogP contribution in [0.5, 0.6) is 0 Å². The van der Waals surface area contributed by atoms with E-state index in [2.05, 4.69) is 24.0 Å². The fraction of sp³-hybridized carbons (Fsp3) is 0.278. The Labute approximate surface area is 140 Å². The van der Waals surface area contributed by atoms with E-state index in [1.54, 1.807) is 17.0 Å². The van der Waals surface area contributed by atoms with Crippen LogP contribution in [0.2, 0.25) is 0 Å². The summed E-state index contributed by atoms with van der Waals surface area (Å²) in [6.45, 7) is 4.62. The highest BCUT2D eigenvalue weighted by Crippen LogP contribution is 2.23. The van der Waals surface area contributed by atoms with E-state index in [9.17, 15) is 14.9 Å². The minimum Gasteiger partial charge on any atom is -0.368 e. The number of para-hydroxylation sites is 2. The van der Waals surface area contributed by atoms with Crippen molar-refractivity contribution in [3.05, 3.63) is 69.8 Å². The highest BCUT2D eigenvalue weighted by atomic mass is 16.6. The van der Waals surface area contributed by atoms with Crippen LogP contribution in [0.4, 0.5) is 11.4 Å². The molecule has 6 nitrogen and oxygen atoms in total. The van der Waals surface area contributed by atoms with Crippen molar-refractivity contribution in [2.24, 2.45) is 0 Å². The van der Waals surface area contributed by atoms with Crippen molar-refractivity contribution in [2.75, 3.05) is 31.1 Å². The molecule has 1 amide bonds. The summed E-state index contributed by atoms with van der Waals surface area (Å²) in [6, 6.07) is 14.3. The van der Waals surface area contributed by atoms with Crippen molar-refractivity contribution in [2.45, 2.75) is 6.92 Å². The summed E-state index contributed by atoms with van der Waals surface area (Å²) in [6.07, 6.45) is 0. The van der Waals surface area contributed by atoms with Crippen molar-refractivity contribution in [1.82, 2.24) is 4.90 Å². The first-order chi connectivity index (χ1) is 11.6. The summed E-state index contributed by atoms with van der Waals surface area (Å²) in [5.74, 6) is -0.272. The average Bonchev–Trinajstić information content (AvgIpc) is 2.62. The Morgan fingerprint density at radius 2 is 1.62 bits per heavy atom. The van der Waals surface area contributed by atoms with Gasteiger partial charge < -0.3 is 9.80 Å². The molecule has 0 radical (unpaired) electrons. The number of nitrogens with zero attached hydrogens (tertiary/aromatic N) is 3. The van der Waals surface area contributed by atoms with E-state index >= 15 is 0 Å². The SMILES string of the molecule is Cc1ccccc1N1CCN(C(=O)c2ccccc2[N+](=O)[O-])CC1. The predicted molar refractivity (Wildman–Crippen MR) is 92.4 cm³/mol. The number of carbonyl (C=O) groups excluding carboxylic acids is 1. The third-order valence-corrected chi connectivity index (χ3v) is 4.35. The molecule has 124 valence electrons. The van der Waals surface area contributed by atoms with Crippen LogP contribution in [-0.2, 0) is 0 Å². The fourth-order valence-electron chi connectivity index (χ4n) is 3.05. The molecule has 3 rings (SSSR count). The van der Waals surface area contributed by atoms with Gasteiger partial charge in [0.15, 0.2) is 0 Å². The number of anilines is 1. The maximum absolute atomic E-state index is 12.6. The summed E-state index contributed by atoms with van der Waals surface area (Å²) in [5, 5.41) is 11.1. The smallest absolute Gasteiger partial charge is 0.282 e. The zero-order chi connectivity index (χ0) is 17.1. The first-order valence-electron chi connectivity index (χ1n) is 7.91. The zero-order valence-electron chi connectivity index (χ0n) is 13.5. The molecule has 1 saturated heterocycles. The Bertz CT molecular complexity index is 768. The van der Waals surface area contributed by atoms with Gasteiger partial charge in [0.25, 0.3) is 11.6 Å². The number of aryl methyl sites for hydroxylation is 1. The van der Waals surface area contributed by atoms with E-state index in [1.165, 1.54) is 23.4 Å². The normalized spacial score (nSPS) is 14.5. The first kappa shape index (κ1) is 16.0. The van der Waals surface area contributed by atoms with Crippen LogP contribution in [0.15, 0.2) is 48.5 Å². The molecular formula is C18H19N3O3. The lowest BCUT2D eigenvalue weighted by Gasteiger charge is -2.36. The van der Waals surface area contributed by atoms with Crippen LogP contribution >= 0.6 is 0 Å². The molecule has 2 aromatic carbocycles. The lowest BCUT2D eigenvalue weighted by atomic mass is 10.1. The number of benzene rings is 2. The molecule has 1 heterocycles. The molecule has 0 N–H and O–H groups in total. The van der Waals surface area contributed by atoms with Crippen molar-refractivity contribution < 1.29 is 9.72 Å². The number of rotatable bonds is 3. The van der Waals surface area contributed by atoms with Crippen molar-refractivity contribution >= 4 is 17.3 Å². The standard InChI is InChI=1S/C18H19N3O3/c1-14-6-2-4-8-16(14)19-10-12-20(13-11-19)18(22)15-7-3-5-9-17(15)21(23)24/h2-9H,10-13H2,1H3. The molecule has 2 aromatic rings.